The number of nitrogens with one attached hydrogen (secondary N) is 1. The van der Waals surface area contributed by atoms with Gasteiger partial charge in [0.1, 0.15) is 0 Å². The second-order valence-corrected chi connectivity index (χ2v) is 6.24. The molecule has 2 aliphatic carbocycles. The zero-order valence-corrected chi connectivity index (χ0v) is 11.5. The first-order valence-electron chi connectivity index (χ1n) is 7.63. The Labute approximate surface area is 111 Å². The largest absolute Gasteiger partial charge is 0.314 e. The standard InChI is InChI=1S/C17H25N/c1-13-6-8-14(9-7-13)17-5-3-2-4-15(17)12-18-16-10-11-16/h6-9,15-18H,2-5,10-12H2,1H3. The number of hydrogen-bond donors (Lipinski definition) is 1. The third-order valence-electron chi connectivity index (χ3n) is 4.66. The van der Waals surface area contributed by atoms with Gasteiger partial charge >= 0.3 is 0 Å². The molecule has 18 heavy (non-hydrogen) atoms. The maximum Gasteiger partial charge on any atom is 0.00683 e. The van der Waals surface area contributed by atoms with Crippen LogP contribution in [0.25, 0.3) is 0 Å². The quantitative estimate of drug-likeness (QED) is 0.842. The SMILES string of the molecule is Cc1ccc(C2CCCCC2CNC2CC2)cc1. The molecule has 2 aliphatic rings. The second-order valence-electron chi connectivity index (χ2n) is 6.24. The first-order valence-corrected chi connectivity index (χ1v) is 7.63. The molecule has 2 saturated carbocycles. The maximum atomic E-state index is 3.74. The Morgan fingerprint density at radius 2 is 1.72 bits per heavy atom. The van der Waals surface area contributed by atoms with Crippen molar-refractivity contribution in [2.24, 2.45) is 5.92 Å². The monoisotopic (exact) mass is 243 g/mol. The Morgan fingerprint density at radius 3 is 2.44 bits per heavy atom. The van der Waals surface area contributed by atoms with E-state index in [1.54, 1.807) is 5.56 Å². The van der Waals surface area contributed by atoms with Crippen LogP contribution in [0.4, 0.5) is 0 Å². The minimum Gasteiger partial charge on any atom is -0.314 e. The minimum absolute atomic E-state index is 0.797. The Morgan fingerprint density at radius 1 is 1.00 bits per heavy atom. The van der Waals surface area contributed by atoms with Crippen molar-refractivity contribution in [2.75, 3.05) is 6.54 Å². The third kappa shape index (κ3) is 2.95. The highest BCUT2D eigenvalue weighted by molar-refractivity contribution is 5.25. The van der Waals surface area contributed by atoms with Crippen LogP contribution < -0.4 is 5.32 Å². The average Bonchev–Trinajstić information content (AvgIpc) is 3.22. The van der Waals surface area contributed by atoms with E-state index < -0.39 is 0 Å². The molecule has 0 bridgehead atoms. The third-order valence-corrected chi connectivity index (χ3v) is 4.66. The van der Waals surface area contributed by atoms with Gasteiger partial charge in [-0.05, 0) is 56.6 Å². The van der Waals surface area contributed by atoms with E-state index >= 15 is 0 Å². The summed E-state index contributed by atoms with van der Waals surface area (Å²) in [5, 5.41) is 3.74. The molecular weight excluding hydrogens is 218 g/mol. The van der Waals surface area contributed by atoms with Crippen LogP contribution in [-0.2, 0) is 0 Å². The Balaban J connectivity index is 1.67. The molecule has 3 rings (SSSR count). The first kappa shape index (κ1) is 12.2. The number of hydrogen-bond acceptors (Lipinski definition) is 1. The molecule has 98 valence electrons. The zero-order chi connectivity index (χ0) is 12.4. The fourth-order valence-electron chi connectivity index (χ4n) is 3.31. The number of benzene rings is 1. The van der Waals surface area contributed by atoms with Gasteiger partial charge in [-0.15, -0.1) is 0 Å². The highest BCUT2D eigenvalue weighted by atomic mass is 14.9. The van der Waals surface area contributed by atoms with Gasteiger partial charge in [0.15, 0.2) is 0 Å². The molecule has 0 aromatic heterocycles. The molecule has 1 heteroatoms. The predicted molar refractivity (Wildman–Crippen MR) is 76.9 cm³/mol. The molecule has 0 amide bonds. The van der Waals surface area contributed by atoms with Gasteiger partial charge in [0, 0.05) is 6.04 Å². The van der Waals surface area contributed by atoms with Gasteiger partial charge in [0.05, 0.1) is 0 Å². The molecule has 1 nitrogen and oxygen atoms in total. The van der Waals surface area contributed by atoms with E-state index in [2.05, 4.69) is 36.5 Å². The van der Waals surface area contributed by atoms with E-state index in [9.17, 15) is 0 Å². The minimum atomic E-state index is 0.797. The summed E-state index contributed by atoms with van der Waals surface area (Å²) >= 11 is 0. The zero-order valence-electron chi connectivity index (χ0n) is 11.5. The van der Waals surface area contributed by atoms with Crippen molar-refractivity contribution in [3.8, 4) is 0 Å². The molecular formula is C17H25N. The number of rotatable bonds is 4. The summed E-state index contributed by atoms with van der Waals surface area (Å²) in [5.74, 6) is 1.66. The van der Waals surface area contributed by atoms with Crippen molar-refractivity contribution >= 4 is 0 Å². The summed E-state index contributed by atoms with van der Waals surface area (Å²) in [6.07, 6.45) is 8.46. The summed E-state index contributed by atoms with van der Waals surface area (Å²) in [4.78, 5) is 0. The molecule has 2 fully saturated rings. The molecule has 0 spiro atoms. The fourth-order valence-corrected chi connectivity index (χ4v) is 3.31. The van der Waals surface area contributed by atoms with Crippen molar-refractivity contribution in [1.82, 2.24) is 5.32 Å². The topological polar surface area (TPSA) is 12.0 Å². The average molecular weight is 243 g/mol. The lowest BCUT2D eigenvalue weighted by atomic mass is 9.75. The van der Waals surface area contributed by atoms with E-state index in [0.717, 1.165) is 17.9 Å². The molecule has 0 radical (unpaired) electrons. The summed E-state index contributed by atoms with van der Waals surface area (Å²) in [6.45, 7) is 3.42. The highest BCUT2D eigenvalue weighted by Crippen LogP contribution is 2.38. The molecule has 0 saturated heterocycles. The lowest BCUT2D eigenvalue weighted by molar-refractivity contribution is 0.295. The van der Waals surface area contributed by atoms with Crippen LogP contribution in [0.3, 0.4) is 0 Å². The van der Waals surface area contributed by atoms with E-state index in [4.69, 9.17) is 0 Å². The van der Waals surface area contributed by atoms with Crippen LogP contribution in [0.1, 0.15) is 55.6 Å². The highest BCUT2D eigenvalue weighted by Gasteiger charge is 2.28. The lowest BCUT2D eigenvalue weighted by Gasteiger charge is -2.32. The van der Waals surface area contributed by atoms with Gasteiger partial charge in [-0.3, -0.25) is 0 Å². The van der Waals surface area contributed by atoms with E-state index in [1.165, 1.54) is 50.6 Å². The van der Waals surface area contributed by atoms with Crippen LogP contribution in [-0.4, -0.2) is 12.6 Å². The summed E-state index contributed by atoms with van der Waals surface area (Å²) in [7, 11) is 0. The van der Waals surface area contributed by atoms with Crippen LogP contribution in [0.2, 0.25) is 0 Å². The van der Waals surface area contributed by atoms with Gasteiger partial charge in [0.25, 0.3) is 0 Å². The van der Waals surface area contributed by atoms with Gasteiger partial charge < -0.3 is 5.32 Å². The van der Waals surface area contributed by atoms with E-state index in [1.807, 2.05) is 0 Å². The van der Waals surface area contributed by atoms with Gasteiger partial charge in [-0.25, -0.2) is 0 Å². The maximum absolute atomic E-state index is 3.74. The van der Waals surface area contributed by atoms with E-state index in [0.29, 0.717) is 0 Å². The van der Waals surface area contributed by atoms with Gasteiger partial charge in [-0.1, -0.05) is 42.7 Å². The van der Waals surface area contributed by atoms with E-state index in [-0.39, 0.29) is 0 Å². The molecule has 0 heterocycles. The first-order chi connectivity index (χ1) is 8.83. The second kappa shape index (κ2) is 5.44. The summed E-state index contributed by atoms with van der Waals surface area (Å²) < 4.78 is 0. The molecule has 2 atom stereocenters. The molecule has 1 aromatic carbocycles. The van der Waals surface area contributed by atoms with Crippen molar-refractivity contribution in [3.63, 3.8) is 0 Å². The van der Waals surface area contributed by atoms with Crippen molar-refractivity contribution in [3.05, 3.63) is 35.4 Å². The van der Waals surface area contributed by atoms with Crippen LogP contribution in [0.5, 0.6) is 0 Å². The van der Waals surface area contributed by atoms with Crippen molar-refractivity contribution in [1.29, 1.82) is 0 Å². The Bertz CT molecular complexity index is 377. The molecule has 0 aliphatic heterocycles. The summed E-state index contributed by atoms with van der Waals surface area (Å²) in [5.41, 5.74) is 2.95. The van der Waals surface area contributed by atoms with Gasteiger partial charge in [0.2, 0.25) is 0 Å². The van der Waals surface area contributed by atoms with Crippen LogP contribution in [0.15, 0.2) is 24.3 Å². The Kier molecular flexibility index (Phi) is 3.69. The fraction of sp³-hybridized carbons (Fsp3) is 0.647. The van der Waals surface area contributed by atoms with Gasteiger partial charge in [-0.2, -0.15) is 0 Å². The smallest absolute Gasteiger partial charge is 0.00683 e. The van der Waals surface area contributed by atoms with Crippen molar-refractivity contribution < 1.29 is 0 Å². The van der Waals surface area contributed by atoms with Crippen LogP contribution in [0, 0.1) is 12.8 Å². The Hall–Kier alpha value is -0.820. The lowest BCUT2D eigenvalue weighted by Crippen LogP contribution is -2.30. The van der Waals surface area contributed by atoms with Crippen molar-refractivity contribution in [2.45, 2.75) is 57.4 Å². The molecule has 2 unspecified atom stereocenters. The normalized spacial score (nSPS) is 28.3. The molecule has 1 N–H and O–H groups in total. The predicted octanol–water partition coefficient (Wildman–Crippen LogP) is 4.02. The summed E-state index contributed by atoms with van der Waals surface area (Å²) in [6, 6.07) is 10.1. The van der Waals surface area contributed by atoms with Crippen LogP contribution >= 0.6 is 0 Å². The molecule has 1 aromatic rings. The number of aryl methyl sites for hydroxylation is 1.